The molecule has 0 radical (unpaired) electrons. The molecule has 0 saturated carbocycles. The summed E-state index contributed by atoms with van der Waals surface area (Å²) < 4.78 is 12.0. The van der Waals surface area contributed by atoms with Crippen LogP contribution in [0.25, 0.3) is 11.1 Å². The molecular weight excluding hydrogens is 398 g/mol. The average Bonchev–Trinajstić information content (AvgIpc) is 2.92. The Kier molecular flexibility index (Phi) is 3.80. The number of carbonyl (C=O) groups is 1. The average molecular weight is 414 g/mol. The van der Waals surface area contributed by atoms with Crippen LogP contribution in [0.5, 0.6) is 5.75 Å². The third kappa shape index (κ3) is 2.57. The quantitative estimate of drug-likeness (QED) is 0.394. The zero-order chi connectivity index (χ0) is 18.5. The Morgan fingerprint density at radius 2 is 1.92 bits per heavy atom. The lowest BCUT2D eigenvalue weighted by molar-refractivity contribution is -0.138. The maximum absolute atomic E-state index is 12.3. The lowest BCUT2D eigenvalue weighted by Gasteiger charge is -2.31. The lowest BCUT2D eigenvalue weighted by Crippen LogP contribution is -2.47. The van der Waals surface area contributed by atoms with Crippen LogP contribution in [0.2, 0.25) is 0 Å². The maximum atomic E-state index is 12.3. The molecule has 2 N–H and O–H groups in total. The van der Waals surface area contributed by atoms with Crippen LogP contribution in [0.4, 0.5) is 5.69 Å². The Hall–Kier alpha value is -2.73. The summed E-state index contributed by atoms with van der Waals surface area (Å²) in [6.45, 7) is 3.10. The van der Waals surface area contributed by atoms with E-state index < -0.39 is 11.7 Å². The van der Waals surface area contributed by atoms with Crippen LogP contribution in [-0.2, 0) is 9.53 Å². The molecule has 2 heterocycles. The van der Waals surface area contributed by atoms with Crippen molar-refractivity contribution >= 4 is 27.6 Å². The third-order valence-electron chi connectivity index (χ3n) is 4.33. The Morgan fingerprint density at radius 3 is 2.62 bits per heavy atom. The van der Waals surface area contributed by atoms with Crippen LogP contribution in [0.15, 0.2) is 70.1 Å². The molecule has 26 heavy (non-hydrogen) atoms. The highest BCUT2D eigenvalue weighted by molar-refractivity contribution is 9.10. The molecule has 6 heteroatoms. The van der Waals surface area contributed by atoms with Crippen LogP contribution >= 0.6 is 15.9 Å². The van der Waals surface area contributed by atoms with Gasteiger partial charge < -0.3 is 19.9 Å². The molecular formula is C20H16BrNO4. The largest absolute Gasteiger partial charge is 0.512 e. The van der Waals surface area contributed by atoms with Crippen LogP contribution in [-0.4, -0.2) is 16.8 Å². The zero-order valence-electron chi connectivity index (χ0n) is 14.2. The second-order valence-corrected chi connectivity index (χ2v) is 7.12. The standard InChI is InChI=1S/C20H16BrNO4/c1-11-10-20(17(12(2)23)19(24)25-11)22-16-9-14(8-15(21)18(16)26-20)13-6-4-3-5-7-13/h3-10,22-23H,1-2H3/t20-/m0/s1. The first-order chi connectivity index (χ1) is 12.4. The maximum Gasteiger partial charge on any atom is 0.349 e. The fourth-order valence-electron chi connectivity index (χ4n) is 3.31. The molecule has 2 aromatic carbocycles. The molecule has 5 nitrogen and oxygen atoms in total. The molecule has 1 atom stereocenters. The number of cyclic esters (lactones) is 1. The molecule has 0 aliphatic carbocycles. The van der Waals surface area contributed by atoms with Crippen molar-refractivity contribution in [1.29, 1.82) is 0 Å². The Labute approximate surface area is 159 Å². The van der Waals surface area contributed by atoms with Gasteiger partial charge in [0.25, 0.3) is 0 Å². The van der Waals surface area contributed by atoms with E-state index in [1.807, 2.05) is 42.5 Å². The summed E-state index contributed by atoms with van der Waals surface area (Å²) in [4.78, 5) is 12.3. The van der Waals surface area contributed by atoms with Gasteiger partial charge in [-0.2, -0.15) is 0 Å². The summed E-state index contributed by atoms with van der Waals surface area (Å²) in [6, 6.07) is 13.9. The number of esters is 1. The second kappa shape index (κ2) is 5.92. The molecule has 0 amide bonds. The number of ether oxygens (including phenoxy) is 2. The fraction of sp³-hybridized carbons (Fsp3) is 0.150. The minimum absolute atomic E-state index is 0.0347. The number of aliphatic hydroxyl groups excluding tert-OH is 1. The fourth-order valence-corrected chi connectivity index (χ4v) is 3.85. The van der Waals surface area contributed by atoms with Crippen LogP contribution in [0.3, 0.4) is 0 Å². The van der Waals surface area contributed by atoms with E-state index in [1.165, 1.54) is 6.92 Å². The normalized spacial score (nSPS) is 22.9. The minimum atomic E-state index is -1.29. The van der Waals surface area contributed by atoms with Crippen molar-refractivity contribution in [1.82, 2.24) is 0 Å². The van der Waals surface area contributed by atoms with E-state index in [0.717, 1.165) is 21.3 Å². The SMILES string of the molecule is CC1=C[C@@]2(Nc3cc(-c4ccccc4)cc(Br)c3O2)C(=C(C)O)C(=O)O1. The van der Waals surface area contributed by atoms with Gasteiger partial charge >= 0.3 is 5.97 Å². The molecule has 1 spiro atoms. The van der Waals surface area contributed by atoms with Gasteiger partial charge in [-0.3, -0.25) is 0 Å². The van der Waals surface area contributed by atoms with E-state index in [0.29, 0.717) is 11.5 Å². The predicted octanol–water partition coefficient (Wildman–Crippen LogP) is 4.91. The number of hydrogen-bond donors (Lipinski definition) is 2. The molecule has 2 aliphatic rings. The summed E-state index contributed by atoms with van der Waals surface area (Å²) >= 11 is 3.55. The number of nitrogens with one attached hydrogen (secondary N) is 1. The molecule has 2 aromatic rings. The van der Waals surface area contributed by atoms with Gasteiger partial charge in [-0.1, -0.05) is 30.3 Å². The Bertz CT molecular complexity index is 977. The molecule has 4 rings (SSSR count). The first kappa shape index (κ1) is 16.7. The highest BCUT2D eigenvalue weighted by Crippen LogP contribution is 2.49. The monoisotopic (exact) mass is 413 g/mol. The predicted molar refractivity (Wildman–Crippen MR) is 102 cm³/mol. The summed E-state index contributed by atoms with van der Waals surface area (Å²) in [6.07, 6.45) is 1.65. The number of hydrogen-bond acceptors (Lipinski definition) is 5. The van der Waals surface area contributed by atoms with Crippen LogP contribution in [0.1, 0.15) is 13.8 Å². The summed E-state index contributed by atoms with van der Waals surface area (Å²) in [7, 11) is 0. The van der Waals surface area contributed by atoms with Gasteiger partial charge in [0.15, 0.2) is 5.75 Å². The van der Waals surface area contributed by atoms with Crippen molar-refractivity contribution < 1.29 is 19.4 Å². The van der Waals surface area contributed by atoms with E-state index in [9.17, 15) is 9.90 Å². The van der Waals surface area contributed by atoms with Gasteiger partial charge in [-0.25, -0.2) is 4.79 Å². The number of allylic oxidation sites excluding steroid dienone is 2. The zero-order valence-corrected chi connectivity index (χ0v) is 15.8. The highest BCUT2D eigenvalue weighted by atomic mass is 79.9. The Morgan fingerprint density at radius 1 is 1.19 bits per heavy atom. The van der Waals surface area contributed by atoms with Gasteiger partial charge in [0.2, 0.25) is 5.72 Å². The van der Waals surface area contributed by atoms with Crippen molar-refractivity contribution in [2.45, 2.75) is 19.6 Å². The van der Waals surface area contributed by atoms with Gasteiger partial charge in [0.05, 0.1) is 10.2 Å². The molecule has 0 unspecified atom stereocenters. The van der Waals surface area contributed by atoms with Gasteiger partial charge in [-0.05, 0) is 53.0 Å². The topological polar surface area (TPSA) is 67.8 Å². The number of aliphatic hydroxyl groups is 1. The van der Waals surface area contributed by atoms with Gasteiger partial charge in [0.1, 0.15) is 17.1 Å². The molecule has 0 bridgehead atoms. The van der Waals surface area contributed by atoms with E-state index in [-0.39, 0.29) is 11.3 Å². The smallest absolute Gasteiger partial charge is 0.349 e. The van der Waals surface area contributed by atoms with Crippen molar-refractivity contribution in [2.75, 3.05) is 5.32 Å². The molecule has 0 aromatic heterocycles. The van der Waals surface area contributed by atoms with Crippen LogP contribution in [0, 0.1) is 0 Å². The van der Waals surface area contributed by atoms with E-state index >= 15 is 0 Å². The number of benzene rings is 2. The lowest BCUT2D eigenvalue weighted by atomic mass is 9.98. The van der Waals surface area contributed by atoms with Gasteiger partial charge in [-0.15, -0.1) is 0 Å². The number of halogens is 1. The number of fused-ring (bicyclic) bond motifs is 1. The van der Waals surface area contributed by atoms with Crippen LogP contribution < -0.4 is 10.1 Å². The van der Waals surface area contributed by atoms with Crippen molar-refractivity contribution in [3.63, 3.8) is 0 Å². The first-order valence-corrected chi connectivity index (χ1v) is 8.87. The summed E-state index contributed by atoms with van der Waals surface area (Å²) in [5.41, 5.74) is 1.51. The molecule has 2 aliphatic heterocycles. The number of anilines is 1. The van der Waals surface area contributed by atoms with E-state index in [4.69, 9.17) is 9.47 Å². The number of carbonyl (C=O) groups excluding carboxylic acids is 1. The molecule has 132 valence electrons. The van der Waals surface area contributed by atoms with Gasteiger partial charge in [0, 0.05) is 6.08 Å². The van der Waals surface area contributed by atoms with Crippen molar-refractivity contribution in [3.05, 3.63) is 70.1 Å². The minimum Gasteiger partial charge on any atom is -0.512 e. The van der Waals surface area contributed by atoms with Crippen molar-refractivity contribution in [2.24, 2.45) is 0 Å². The number of rotatable bonds is 1. The Balaban J connectivity index is 1.84. The van der Waals surface area contributed by atoms with E-state index in [2.05, 4.69) is 21.2 Å². The molecule has 0 saturated heterocycles. The molecule has 0 fully saturated rings. The third-order valence-corrected chi connectivity index (χ3v) is 4.92. The highest BCUT2D eigenvalue weighted by Gasteiger charge is 2.50. The summed E-state index contributed by atoms with van der Waals surface area (Å²) in [5, 5.41) is 13.3. The second-order valence-electron chi connectivity index (χ2n) is 6.27. The first-order valence-electron chi connectivity index (χ1n) is 8.08. The van der Waals surface area contributed by atoms with Crippen molar-refractivity contribution in [3.8, 4) is 16.9 Å². The summed E-state index contributed by atoms with van der Waals surface area (Å²) in [5.74, 6) is 0.185. The van der Waals surface area contributed by atoms with E-state index in [1.54, 1.807) is 13.0 Å².